The minimum absolute atomic E-state index is 0.141. The van der Waals surface area contributed by atoms with Gasteiger partial charge in [0, 0.05) is 18.9 Å². The van der Waals surface area contributed by atoms with E-state index >= 15 is 0 Å². The van der Waals surface area contributed by atoms with Crippen LogP contribution in [0.3, 0.4) is 0 Å². The predicted octanol–water partition coefficient (Wildman–Crippen LogP) is -0.182. The van der Waals surface area contributed by atoms with Gasteiger partial charge in [0.1, 0.15) is 5.82 Å². The molecule has 5 nitrogen and oxygen atoms in total. The van der Waals surface area contributed by atoms with E-state index in [2.05, 4.69) is 10.4 Å². The van der Waals surface area contributed by atoms with Crippen LogP contribution in [0.2, 0.25) is 0 Å². The number of carbonyl (C=O) groups excluding carboxylic acids is 1. The molecule has 5 heteroatoms. The first-order valence-electron chi connectivity index (χ1n) is 4.13. The summed E-state index contributed by atoms with van der Waals surface area (Å²) >= 11 is 0. The highest BCUT2D eigenvalue weighted by Gasteiger charge is 2.12. The Balaban J connectivity index is 2.59. The van der Waals surface area contributed by atoms with Crippen LogP contribution in [0.25, 0.3) is 0 Å². The fourth-order valence-corrected chi connectivity index (χ4v) is 1.12. The molecule has 0 bridgehead atoms. The molecule has 0 saturated heterocycles. The van der Waals surface area contributed by atoms with Gasteiger partial charge in [-0.3, -0.25) is 10.2 Å². The fraction of sp³-hybridized carbons (Fsp3) is 0.500. The Labute approximate surface area is 76.9 Å². The lowest BCUT2D eigenvalue weighted by Crippen LogP contribution is -2.36. The van der Waals surface area contributed by atoms with Gasteiger partial charge in [-0.1, -0.05) is 6.92 Å². The summed E-state index contributed by atoms with van der Waals surface area (Å²) in [6, 6.07) is 0. The Morgan fingerprint density at radius 1 is 1.85 bits per heavy atom. The van der Waals surface area contributed by atoms with Gasteiger partial charge in [0.15, 0.2) is 0 Å². The third kappa shape index (κ3) is 2.29. The van der Waals surface area contributed by atoms with Crippen LogP contribution in [0, 0.1) is 12.8 Å². The summed E-state index contributed by atoms with van der Waals surface area (Å²) in [6.45, 7) is 4.32. The molecule has 3 N–H and O–H groups in total. The van der Waals surface area contributed by atoms with E-state index in [1.165, 1.54) is 0 Å². The highest BCUT2D eigenvalue weighted by molar-refractivity contribution is 5.77. The fourth-order valence-electron chi connectivity index (χ4n) is 1.12. The van der Waals surface area contributed by atoms with E-state index in [4.69, 9.17) is 5.84 Å². The van der Waals surface area contributed by atoms with Gasteiger partial charge >= 0.3 is 0 Å². The lowest BCUT2D eigenvalue weighted by molar-refractivity contribution is -0.124. The first kappa shape index (κ1) is 9.73. The van der Waals surface area contributed by atoms with Crippen molar-refractivity contribution in [1.82, 2.24) is 15.0 Å². The molecule has 13 heavy (non-hydrogen) atoms. The van der Waals surface area contributed by atoms with Crippen molar-refractivity contribution in [1.29, 1.82) is 0 Å². The molecule has 1 unspecified atom stereocenters. The number of aromatic nitrogens is 2. The highest BCUT2D eigenvalue weighted by atomic mass is 16.2. The largest absolute Gasteiger partial charge is 0.334 e. The monoisotopic (exact) mass is 182 g/mol. The first-order chi connectivity index (χ1) is 6.15. The summed E-state index contributed by atoms with van der Waals surface area (Å²) in [7, 11) is 0. The summed E-state index contributed by atoms with van der Waals surface area (Å²) in [5.74, 6) is 5.62. The Bertz CT molecular complexity index is 294. The van der Waals surface area contributed by atoms with Crippen molar-refractivity contribution in [2.45, 2.75) is 20.4 Å². The topological polar surface area (TPSA) is 72.9 Å². The van der Waals surface area contributed by atoms with Gasteiger partial charge in [0.05, 0.1) is 5.92 Å². The van der Waals surface area contributed by atoms with Gasteiger partial charge in [-0.15, -0.1) is 0 Å². The first-order valence-corrected chi connectivity index (χ1v) is 4.13. The molecule has 1 heterocycles. The van der Waals surface area contributed by atoms with Crippen molar-refractivity contribution < 1.29 is 4.79 Å². The molecular formula is C8H14N4O. The predicted molar refractivity (Wildman–Crippen MR) is 48.5 cm³/mol. The zero-order valence-corrected chi connectivity index (χ0v) is 7.82. The Kier molecular flexibility index (Phi) is 3.02. The number of amides is 1. The molecule has 0 spiro atoms. The number of imidazole rings is 1. The van der Waals surface area contributed by atoms with Crippen LogP contribution in [0.5, 0.6) is 0 Å². The second kappa shape index (κ2) is 4.04. The number of nitrogens with zero attached hydrogens (tertiary/aromatic N) is 2. The van der Waals surface area contributed by atoms with Crippen LogP contribution < -0.4 is 11.3 Å². The SMILES string of the molecule is Cc1nccn1CC(C)C(=O)NN. The van der Waals surface area contributed by atoms with Gasteiger partial charge in [0.25, 0.3) is 0 Å². The van der Waals surface area contributed by atoms with Gasteiger partial charge in [-0.25, -0.2) is 10.8 Å². The van der Waals surface area contributed by atoms with E-state index in [1.54, 1.807) is 6.20 Å². The van der Waals surface area contributed by atoms with E-state index < -0.39 is 0 Å². The van der Waals surface area contributed by atoms with Crippen LogP contribution in [0.4, 0.5) is 0 Å². The maximum Gasteiger partial charge on any atom is 0.238 e. The van der Waals surface area contributed by atoms with E-state index in [0.29, 0.717) is 6.54 Å². The normalized spacial score (nSPS) is 12.5. The molecule has 0 saturated carbocycles. The second-order valence-corrected chi connectivity index (χ2v) is 3.04. The third-order valence-electron chi connectivity index (χ3n) is 1.98. The number of hydrogen-bond donors (Lipinski definition) is 2. The third-order valence-corrected chi connectivity index (χ3v) is 1.98. The van der Waals surface area contributed by atoms with Crippen molar-refractivity contribution in [3.05, 3.63) is 18.2 Å². The van der Waals surface area contributed by atoms with Crippen molar-refractivity contribution in [2.24, 2.45) is 11.8 Å². The quantitative estimate of drug-likeness (QED) is 0.387. The zero-order valence-electron chi connectivity index (χ0n) is 7.82. The molecule has 0 radical (unpaired) electrons. The molecule has 0 aliphatic rings. The van der Waals surface area contributed by atoms with E-state index in [9.17, 15) is 4.79 Å². The average molecular weight is 182 g/mol. The van der Waals surface area contributed by atoms with E-state index in [1.807, 2.05) is 24.6 Å². The van der Waals surface area contributed by atoms with Crippen LogP contribution in [-0.4, -0.2) is 15.5 Å². The maximum absolute atomic E-state index is 11.1. The standard InChI is InChI=1S/C8H14N4O/c1-6(8(13)11-9)5-12-4-3-10-7(12)2/h3-4,6H,5,9H2,1-2H3,(H,11,13). The number of nitrogens with one attached hydrogen (secondary N) is 1. The molecular weight excluding hydrogens is 168 g/mol. The molecule has 0 aliphatic heterocycles. The number of nitrogens with two attached hydrogens (primary N) is 1. The van der Waals surface area contributed by atoms with Gasteiger partial charge in [0.2, 0.25) is 5.91 Å². The second-order valence-electron chi connectivity index (χ2n) is 3.04. The number of rotatable bonds is 3. The molecule has 1 amide bonds. The minimum atomic E-state index is -0.159. The summed E-state index contributed by atoms with van der Waals surface area (Å²) in [5.41, 5.74) is 2.12. The minimum Gasteiger partial charge on any atom is -0.334 e. The molecule has 1 aromatic rings. The highest BCUT2D eigenvalue weighted by Crippen LogP contribution is 2.02. The Morgan fingerprint density at radius 2 is 2.54 bits per heavy atom. The lowest BCUT2D eigenvalue weighted by Gasteiger charge is -2.11. The lowest BCUT2D eigenvalue weighted by atomic mass is 10.1. The van der Waals surface area contributed by atoms with E-state index in [-0.39, 0.29) is 11.8 Å². The van der Waals surface area contributed by atoms with Crippen LogP contribution in [0.15, 0.2) is 12.4 Å². The summed E-state index contributed by atoms with van der Waals surface area (Å²) in [6.07, 6.45) is 3.55. The van der Waals surface area contributed by atoms with Crippen LogP contribution in [0.1, 0.15) is 12.7 Å². The smallest absolute Gasteiger partial charge is 0.238 e. The zero-order chi connectivity index (χ0) is 9.84. The Morgan fingerprint density at radius 3 is 3.00 bits per heavy atom. The molecule has 0 fully saturated rings. The van der Waals surface area contributed by atoms with Crippen molar-refractivity contribution in [3.63, 3.8) is 0 Å². The number of hydrogen-bond acceptors (Lipinski definition) is 3. The van der Waals surface area contributed by atoms with Gasteiger partial charge in [-0.2, -0.15) is 0 Å². The van der Waals surface area contributed by atoms with Crippen molar-refractivity contribution in [2.75, 3.05) is 0 Å². The number of carbonyl (C=O) groups is 1. The molecule has 72 valence electrons. The van der Waals surface area contributed by atoms with Crippen LogP contribution >= 0.6 is 0 Å². The van der Waals surface area contributed by atoms with Crippen molar-refractivity contribution in [3.8, 4) is 0 Å². The molecule has 1 aromatic heterocycles. The van der Waals surface area contributed by atoms with Crippen molar-refractivity contribution >= 4 is 5.91 Å². The molecule has 1 atom stereocenters. The summed E-state index contributed by atoms with van der Waals surface area (Å²) < 4.78 is 1.92. The molecule has 1 rings (SSSR count). The van der Waals surface area contributed by atoms with Gasteiger partial charge < -0.3 is 4.57 Å². The summed E-state index contributed by atoms with van der Waals surface area (Å²) in [4.78, 5) is 15.1. The Hall–Kier alpha value is -1.36. The van der Waals surface area contributed by atoms with Gasteiger partial charge in [-0.05, 0) is 6.92 Å². The molecule has 0 aliphatic carbocycles. The summed E-state index contributed by atoms with van der Waals surface area (Å²) in [5, 5.41) is 0. The van der Waals surface area contributed by atoms with E-state index in [0.717, 1.165) is 5.82 Å². The number of aryl methyl sites for hydroxylation is 1. The maximum atomic E-state index is 11.1. The molecule has 0 aromatic carbocycles. The van der Waals surface area contributed by atoms with Crippen LogP contribution in [-0.2, 0) is 11.3 Å². The number of hydrazine groups is 1. The average Bonchev–Trinajstić information content (AvgIpc) is 2.50.